The maximum Gasteiger partial charge on any atom is 0.335 e. The number of rotatable bonds is 3. The quantitative estimate of drug-likeness (QED) is 0.794. The number of carboxylic acid groups (broad SMARTS) is 1. The zero-order valence-electron chi connectivity index (χ0n) is 10.9. The van der Waals surface area contributed by atoms with Gasteiger partial charge < -0.3 is 15.2 Å². The van der Waals surface area contributed by atoms with E-state index in [-0.39, 0.29) is 0 Å². The van der Waals surface area contributed by atoms with Gasteiger partial charge in [0.25, 0.3) is 0 Å². The van der Waals surface area contributed by atoms with Crippen molar-refractivity contribution in [3.05, 3.63) is 35.4 Å². The monoisotopic (exact) mass is 239 g/mol. The molecule has 0 unspecified atom stereocenters. The summed E-state index contributed by atoms with van der Waals surface area (Å²) in [6, 6.07) is 6.89. The van der Waals surface area contributed by atoms with Gasteiger partial charge in [0.15, 0.2) is 0 Å². The van der Waals surface area contributed by atoms with Crippen molar-refractivity contribution in [3.8, 4) is 0 Å². The van der Waals surface area contributed by atoms with E-state index in [1.165, 1.54) is 6.92 Å². The minimum absolute atomic E-state index is 0.336. The van der Waals surface area contributed by atoms with Crippen LogP contribution in [0.5, 0.6) is 0 Å². The number of carboxylic acids is 1. The standard InChI is InChI=1S/C9H11NO2.C2H4O.C2H6/c1-10-6-7-3-2-4-8(5-7)9(11)12;1-2-3;1-2/h2-5,10H,6H2,1H3,(H,11,12);2H,1H3;1-2H3. The average molecular weight is 239 g/mol. The maximum absolute atomic E-state index is 10.5. The number of aldehydes is 1. The molecule has 0 aromatic heterocycles. The Bertz CT molecular complexity index is 324. The second kappa shape index (κ2) is 12.4. The average Bonchev–Trinajstić information content (AvgIpc) is 2.33. The minimum Gasteiger partial charge on any atom is -0.478 e. The van der Waals surface area contributed by atoms with Gasteiger partial charge in [-0.3, -0.25) is 0 Å². The third kappa shape index (κ3) is 9.26. The highest BCUT2D eigenvalue weighted by Gasteiger charge is 2.01. The first-order valence-electron chi connectivity index (χ1n) is 5.52. The van der Waals surface area contributed by atoms with Crippen molar-refractivity contribution in [3.63, 3.8) is 0 Å². The Hall–Kier alpha value is -1.68. The van der Waals surface area contributed by atoms with Gasteiger partial charge in [0, 0.05) is 6.54 Å². The number of benzene rings is 1. The van der Waals surface area contributed by atoms with Crippen LogP contribution in [0, 0.1) is 0 Å². The molecule has 4 heteroatoms. The van der Waals surface area contributed by atoms with Crippen LogP contribution in [-0.4, -0.2) is 24.4 Å². The first-order valence-corrected chi connectivity index (χ1v) is 5.52. The van der Waals surface area contributed by atoms with Gasteiger partial charge in [-0.1, -0.05) is 26.0 Å². The van der Waals surface area contributed by atoms with Gasteiger partial charge in [-0.2, -0.15) is 0 Å². The summed E-state index contributed by atoms with van der Waals surface area (Å²) in [5, 5.41) is 11.6. The summed E-state index contributed by atoms with van der Waals surface area (Å²) in [5.74, 6) is -0.882. The van der Waals surface area contributed by atoms with Gasteiger partial charge in [-0.25, -0.2) is 4.79 Å². The van der Waals surface area contributed by atoms with Gasteiger partial charge in [-0.15, -0.1) is 0 Å². The summed E-state index contributed by atoms with van der Waals surface area (Å²) in [7, 11) is 1.83. The van der Waals surface area contributed by atoms with E-state index in [1.807, 2.05) is 27.0 Å². The molecular weight excluding hydrogens is 218 g/mol. The Morgan fingerprint density at radius 3 is 2.35 bits per heavy atom. The van der Waals surface area contributed by atoms with Crippen molar-refractivity contribution in [2.24, 2.45) is 0 Å². The van der Waals surface area contributed by atoms with Crippen LogP contribution in [0.4, 0.5) is 0 Å². The number of aromatic carboxylic acids is 1. The molecule has 0 atom stereocenters. The van der Waals surface area contributed by atoms with Crippen molar-refractivity contribution < 1.29 is 14.7 Å². The van der Waals surface area contributed by atoms with E-state index in [0.717, 1.165) is 11.8 Å². The molecule has 0 amide bonds. The normalized spacial score (nSPS) is 8.00. The van der Waals surface area contributed by atoms with E-state index in [1.54, 1.807) is 18.2 Å². The second-order valence-electron chi connectivity index (χ2n) is 2.77. The summed E-state index contributed by atoms with van der Waals surface area (Å²) in [6.07, 6.45) is 0.750. The Morgan fingerprint density at radius 1 is 1.41 bits per heavy atom. The molecule has 17 heavy (non-hydrogen) atoms. The van der Waals surface area contributed by atoms with E-state index in [2.05, 4.69) is 5.32 Å². The molecule has 0 heterocycles. The fourth-order valence-corrected chi connectivity index (χ4v) is 1.02. The lowest BCUT2D eigenvalue weighted by molar-refractivity contribution is -0.106. The SMILES string of the molecule is CC.CC=O.CNCc1cccc(C(=O)O)c1. The van der Waals surface area contributed by atoms with Crippen LogP contribution < -0.4 is 5.32 Å². The predicted octanol–water partition coefficient (Wildman–Crippen LogP) is 2.34. The highest BCUT2D eigenvalue weighted by molar-refractivity contribution is 5.87. The van der Waals surface area contributed by atoms with Crippen LogP contribution in [0.25, 0.3) is 0 Å². The number of carbonyl (C=O) groups excluding carboxylic acids is 1. The van der Waals surface area contributed by atoms with Crippen molar-refractivity contribution in [2.45, 2.75) is 27.3 Å². The van der Waals surface area contributed by atoms with Crippen molar-refractivity contribution in [1.29, 1.82) is 0 Å². The highest BCUT2D eigenvalue weighted by Crippen LogP contribution is 2.04. The van der Waals surface area contributed by atoms with Crippen LogP contribution in [0.1, 0.15) is 36.7 Å². The van der Waals surface area contributed by atoms with Gasteiger partial charge in [0.1, 0.15) is 6.29 Å². The van der Waals surface area contributed by atoms with Gasteiger partial charge >= 0.3 is 5.97 Å². The number of carbonyl (C=O) groups is 2. The molecule has 0 aliphatic rings. The van der Waals surface area contributed by atoms with E-state index in [4.69, 9.17) is 9.90 Å². The molecule has 1 aromatic carbocycles. The van der Waals surface area contributed by atoms with Gasteiger partial charge in [-0.05, 0) is 31.7 Å². The molecule has 1 rings (SSSR count). The Labute approximate surface area is 103 Å². The molecular formula is C13H21NO3. The van der Waals surface area contributed by atoms with Crippen molar-refractivity contribution >= 4 is 12.3 Å². The topological polar surface area (TPSA) is 66.4 Å². The fourth-order valence-electron chi connectivity index (χ4n) is 1.02. The van der Waals surface area contributed by atoms with Crippen molar-refractivity contribution in [1.82, 2.24) is 5.32 Å². The molecule has 0 saturated carbocycles. The van der Waals surface area contributed by atoms with Gasteiger partial charge in [0.2, 0.25) is 0 Å². The molecule has 0 aliphatic heterocycles. The third-order valence-corrected chi connectivity index (χ3v) is 1.55. The lowest BCUT2D eigenvalue weighted by Crippen LogP contribution is -2.06. The summed E-state index contributed by atoms with van der Waals surface area (Å²) in [4.78, 5) is 19.3. The number of hydrogen-bond acceptors (Lipinski definition) is 3. The molecule has 0 saturated heterocycles. The molecule has 2 N–H and O–H groups in total. The van der Waals surface area contributed by atoms with Crippen LogP contribution >= 0.6 is 0 Å². The second-order valence-corrected chi connectivity index (χ2v) is 2.77. The summed E-state index contributed by atoms with van der Waals surface area (Å²) in [6.45, 7) is 6.14. The molecule has 0 radical (unpaired) electrons. The predicted molar refractivity (Wildman–Crippen MR) is 69.3 cm³/mol. The summed E-state index contributed by atoms with van der Waals surface area (Å²) in [5.41, 5.74) is 1.32. The van der Waals surface area contributed by atoms with E-state index >= 15 is 0 Å². The summed E-state index contributed by atoms with van der Waals surface area (Å²) < 4.78 is 0. The smallest absolute Gasteiger partial charge is 0.335 e. The molecule has 96 valence electrons. The largest absolute Gasteiger partial charge is 0.478 e. The van der Waals surface area contributed by atoms with Crippen molar-refractivity contribution in [2.75, 3.05) is 7.05 Å². The van der Waals surface area contributed by atoms with Crippen LogP contribution in [0.15, 0.2) is 24.3 Å². The molecule has 0 fully saturated rings. The highest BCUT2D eigenvalue weighted by atomic mass is 16.4. The van der Waals surface area contributed by atoms with Crippen LogP contribution in [-0.2, 0) is 11.3 Å². The van der Waals surface area contributed by atoms with E-state index < -0.39 is 5.97 Å². The zero-order chi connectivity index (χ0) is 13.7. The number of nitrogens with one attached hydrogen (secondary N) is 1. The van der Waals surface area contributed by atoms with Crippen LogP contribution in [0.3, 0.4) is 0 Å². The van der Waals surface area contributed by atoms with E-state index in [9.17, 15) is 4.79 Å². The molecule has 0 spiro atoms. The first kappa shape index (κ1) is 17.7. The van der Waals surface area contributed by atoms with E-state index in [0.29, 0.717) is 12.1 Å². The first-order chi connectivity index (χ1) is 8.15. The maximum atomic E-state index is 10.5. The number of hydrogen-bond donors (Lipinski definition) is 2. The molecule has 4 nitrogen and oxygen atoms in total. The van der Waals surface area contributed by atoms with Gasteiger partial charge in [0.05, 0.1) is 5.56 Å². The molecule has 1 aromatic rings. The molecule has 0 bridgehead atoms. The fraction of sp³-hybridized carbons (Fsp3) is 0.385. The Kier molecular flexibility index (Phi) is 12.9. The third-order valence-electron chi connectivity index (χ3n) is 1.55. The summed E-state index contributed by atoms with van der Waals surface area (Å²) >= 11 is 0. The van der Waals surface area contributed by atoms with Crippen LogP contribution in [0.2, 0.25) is 0 Å². The lowest BCUT2D eigenvalue weighted by Gasteiger charge is -2.00. The molecule has 0 aliphatic carbocycles. The Morgan fingerprint density at radius 2 is 1.94 bits per heavy atom. The zero-order valence-corrected chi connectivity index (χ0v) is 10.9. The Balaban J connectivity index is 0. The minimum atomic E-state index is -0.882. The lowest BCUT2D eigenvalue weighted by atomic mass is 10.1.